The molecule has 1 atom stereocenters. The molecule has 3 aromatic carbocycles. The van der Waals surface area contributed by atoms with Crippen LogP contribution in [-0.2, 0) is 4.79 Å². The van der Waals surface area contributed by atoms with Crippen molar-refractivity contribution in [1.29, 1.82) is 0 Å². The summed E-state index contributed by atoms with van der Waals surface area (Å²) in [6, 6.07) is 25.4. The van der Waals surface area contributed by atoms with Crippen molar-refractivity contribution < 1.29 is 9.59 Å². The maximum Gasteiger partial charge on any atom is 0.251 e. The first kappa shape index (κ1) is 24.4. The van der Waals surface area contributed by atoms with Crippen LogP contribution >= 0.6 is 22.9 Å². The van der Waals surface area contributed by atoms with Gasteiger partial charge in [0.25, 0.3) is 5.91 Å². The van der Waals surface area contributed by atoms with Gasteiger partial charge in [-0.15, -0.1) is 17.9 Å². The van der Waals surface area contributed by atoms with Gasteiger partial charge in [0.2, 0.25) is 5.91 Å². The molecule has 0 spiro atoms. The number of amides is 2. The molecule has 0 bridgehead atoms. The molecule has 176 valence electrons. The number of thiazole rings is 1. The maximum absolute atomic E-state index is 13.5. The van der Waals surface area contributed by atoms with Gasteiger partial charge >= 0.3 is 0 Å². The van der Waals surface area contributed by atoms with Crippen molar-refractivity contribution in [2.75, 3.05) is 11.4 Å². The van der Waals surface area contributed by atoms with Gasteiger partial charge in [-0.05, 0) is 29.8 Å². The van der Waals surface area contributed by atoms with Gasteiger partial charge in [0.05, 0.1) is 18.2 Å². The van der Waals surface area contributed by atoms with Crippen molar-refractivity contribution in [1.82, 2.24) is 10.3 Å². The molecule has 0 aliphatic heterocycles. The molecule has 7 heteroatoms. The molecule has 0 fully saturated rings. The van der Waals surface area contributed by atoms with Crippen molar-refractivity contribution >= 4 is 39.9 Å². The van der Waals surface area contributed by atoms with Crippen molar-refractivity contribution in [3.8, 4) is 11.3 Å². The summed E-state index contributed by atoms with van der Waals surface area (Å²) in [7, 11) is 0. The highest BCUT2D eigenvalue weighted by Crippen LogP contribution is 2.30. The first-order valence-electron chi connectivity index (χ1n) is 11.1. The fourth-order valence-corrected chi connectivity index (χ4v) is 4.60. The van der Waals surface area contributed by atoms with Crippen molar-refractivity contribution in [3.63, 3.8) is 0 Å². The molecule has 0 radical (unpaired) electrons. The fourth-order valence-electron chi connectivity index (χ4n) is 3.61. The summed E-state index contributed by atoms with van der Waals surface area (Å²) in [5.74, 6) is -0.397. The zero-order chi connectivity index (χ0) is 24.6. The summed E-state index contributed by atoms with van der Waals surface area (Å²) in [4.78, 5) is 32.7. The predicted molar refractivity (Wildman–Crippen MR) is 143 cm³/mol. The number of aromatic nitrogens is 1. The number of halogens is 1. The van der Waals surface area contributed by atoms with Crippen LogP contribution in [0.1, 0.15) is 28.4 Å². The number of carbonyl (C=O) groups excluding carboxylic acids is 2. The molecule has 1 N–H and O–H groups in total. The highest BCUT2D eigenvalue weighted by Gasteiger charge is 2.25. The van der Waals surface area contributed by atoms with E-state index in [0.717, 1.165) is 16.8 Å². The Balaban J connectivity index is 1.56. The Morgan fingerprint density at radius 2 is 1.66 bits per heavy atom. The van der Waals surface area contributed by atoms with Gasteiger partial charge in [-0.3, -0.25) is 14.5 Å². The molecule has 2 amide bonds. The lowest BCUT2D eigenvalue weighted by Crippen LogP contribution is -2.36. The molecule has 5 nitrogen and oxygen atoms in total. The topological polar surface area (TPSA) is 62.3 Å². The zero-order valence-electron chi connectivity index (χ0n) is 18.9. The molecule has 35 heavy (non-hydrogen) atoms. The number of rotatable bonds is 9. The Labute approximate surface area is 213 Å². The molecular formula is C28H24ClN3O2S. The highest BCUT2D eigenvalue weighted by molar-refractivity contribution is 7.14. The maximum atomic E-state index is 13.5. The summed E-state index contributed by atoms with van der Waals surface area (Å²) in [5.41, 5.74) is 3.07. The van der Waals surface area contributed by atoms with Crippen LogP contribution in [0.2, 0.25) is 5.02 Å². The lowest BCUT2D eigenvalue weighted by atomic mass is 10.0. The summed E-state index contributed by atoms with van der Waals surface area (Å²) in [5, 5.41) is 6.15. The Bertz CT molecular complexity index is 1290. The van der Waals surface area contributed by atoms with E-state index in [1.807, 2.05) is 78.2 Å². The smallest absolute Gasteiger partial charge is 0.251 e. The minimum absolute atomic E-state index is 0.0757. The third kappa shape index (κ3) is 6.23. The number of hydrogen-bond acceptors (Lipinski definition) is 4. The van der Waals surface area contributed by atoms with E-state index in [4.69, 9.17) is 11.6 Å². The first-order chi connectivity index (χ1) is 17.0. The number of anilines is 1. The van der Waals surface area contributed by atoms with E-state index in [0.29, 0.717) is 22.3 Å². The number of nitrogens with zero attached hydrogens (tertiary/aromatic N) is 2. The number of hydrogen-bond donors (Lipinski definition) is 1. The fraction of sp³-hybridized carbons (Fsp3) is 0.107. The third-order valence-electron chi connectivity index (χ3n) is 5.40. The van der Waals surface area contributed by atoms with E-state index >= 15 is 0 Å². The molecule has 0 saturated carbocycles. The molecule has 1 unspecified atom stereocenters. The first-order valence-corrected chi connectivity index (χ1v) is 12.3. The SMILES string of the molecule is C=CCN(C(=O)CC(NC(=O)c1ccccc1)c1ccccc1)c1nc(-c2ccc(Cl)cc2)cs1. The van der Waals surface area contributed by atoms with Crippen molar-refractivity contribution in [2.24, 2.45) is 0 Å². The van der Waals surface area contributed by atoms with Crippen LogP contribution in [0.25, 0.3) is 11.3 Å². The largest absolute Gasteiger partial charge is 0.345 e. The van der Waals surface area contributed by atoms with Gasteiger partial charge in [0.15, 0.2) is 5.13 Å². The van der Waals surface area contributed by atoms with Gasteiger partial charge in [-0.1, -0.05) is 78.3 Å². The quantitative estimate of drug-likeness (QED) is 0.265. The molecular weight excluding hydrogens is 478 g/mol. The van der Waals surface area contributed by atoms with Crippen LogP contribution in [0.4, 0.5) is 5.13 Å². The van der Waals surface area contributed by atoms with Gasteiger partial charge in [0.1, 0.15) is 0 Å². The van der Waals surface area contributed by atoms with E-state index in [1.165, 1.54) is 11.3 Å². The molecule has 0 saturated heterocycles. The summed E-state index contributed by atoms with van der Waals surface area (Å²) in [6.45, 7) is 4.11. The van der Waals surface area contributed by atoms with Gasteiger partial charge in [-0.2, -0.15) is 0 Å². The summed E-state index contributed by atoms with van der Waals surface area (Å²) in [6.07, 6.45) is 1.74. The Hall–Kier alpha value is -3.74. The molecule has 1 heterocycles. The minimum Gasteiger partial charge on any atom is -0.345 e. The van der Waals surface area contributed by atoms with E-state index in [9.17, 15) is 9.59 Å². The average Bonchev–Trinajstić information content (AvgIpc) is 3.38. The second-order valence-corrected chi connectivity index (χ2v) is 9.10. The van der Waals surface area contributed by atoms with E-state index in [2.05, 4.69) is 16.9 Å². The Morgan fingerprint density at radius 1 is 1.00 bits per heavy atom. The lowest BCUT2D eigenvalue weighted by Gasteiger charge is -2.23. The van der Waals surface area contributed by atoms with Gasteiger partial charge in [0, 0.05) is 28.1 Å². The summed E-state index contributed by atoms with van der Waals surface area (Å²) >= 11 is 7.38. The molecule has 4 aromatic rings. The summed E-state index contributed by atoms with van der Waals surface area (Å²) < 4.78 is 0. The van der Waals surface area contributed by atoms with Crippen LogP contribution < -0.4 is 10.2 Å². The predicted octanol–water partition coefficient (Wildman–Crippen LogP) is 6.54. The lowest BCUT2D eigenvalue weighted by molar-refractivity contribution is -0.119. The third-order valence-corrected chi connectivity index (χ3v) is 6.51. The highest BCUT2D eigenvalue weighted by atomic mass is 35.5. The molecule has 0 aliphatic carbocycles. The van der Waals surface area contributed by atoms with Crippen LogP contribution in [0.15, 0.2) is 103 Å². The molecule has 0 aliphatic rings. The van der Waals surface area contributed by atoms with Crippen LogP contribution in [-0.4, -0.2) is 23.3 Å². The van der Waals surface area contributed by atoms with Crippen LogP contribution in [0, 0.1) is 0 Å². The van der Waals surface area contributed by atoms with E-state index in [-0.39, 0.29) is 18.2 Å². The average molecular weight is 502 g/mol. The molecule has 1 aromatic heterocycles. The van der Waals surface area contributed by atoms with Crippen molar-refractivity contribution in [2.45, 2.75) is 12.5 Å². The number of benzene rings is 3. The van der Waals surface area contributed by atoms with Crippen LogP contribution in [0.3, 0.4) is 0 Å². The Morgan fingerprint density at radius 3 is 2.31 bits per heavy atom. The Kier molecular flexibility index (Phi) is 8.08. The van der Waals surface area contributed by atoms with Crippen molar-refractivity contribution in [3.05, 3.63) is 119 Å². The standard InChI is InChI=1S/C28H24ClN3O2S/c1-2-17-32(28-31-25(19-35-28)21-13-15-23(29)16-14-21)26(33)18-24(20-9-5-3-6-10-20)30-27(34)22-11-7-4-8-12-22/h2-16,19,24H,1,17-18H2,(H,30,34). The zero-order valence-corrected chi connectivity index (χ0v) is 20.5. The second kappa shape index (κ2) is 11.6. The normalized spacial score (nSPS) is 11.5. The molecule has 4 rings (SSSR count). The number of nitrogens with one attached hydrogen (secondary N) is 1. The second-order valence-electron chi connectivity index (χ2n) is 7.82. The minimum atomic E-state index is -0.501. The van der Waals surface area contributed by atoms with Gasteiger partial charge < -0.3 is 5.32 Å². The monoisotopic (exact) mass is 501 g/mol. The number of carbonyl (C=O) groups is 2. The van der Waals surface area contributed by atoms with E-state index < -0.39 is 6.04 Å². The van der Waals surface area contributed by atoms with E-state index in [1.54, 1.807) is 23.1 Å². The van der Waals surface area contributed by atoms with Gasteiger partial charge in [-0.25, -0.2) is 4.98 Å². The van der Waals surface area contributed by atoms with Crippen LogP contribution in [0.5, 0.6) is 0 Å².